The van der Waals surface area contributed by atoms with Crippen molar-refractivity contribution < 1.29 is 9.53 Å². The van der Waals surface area contributed by atoms with Gasteiger partial charge in [0.1, 0.15) is 5.75 Å². The molecule has 0 aliphatic rings. The van der Waals surface area contributed by atoms with Crippen LogP contribution in [0.2, 0.25) is 0 Å². The number of benzene rings is 2. The van der Waals surface area contributed by atoms with Crippen molar-refractivity contribution in [2.45, 2.75) is 34.2 Å². The summed E-state index contributed by atoms with van der Waals surface area (Å²) in [5.41, 5.74) is 5.98. The highest BCUT2D eigenvalue weighted by Crippen LogP contribution is 2.24. The predicted molar refractivity (Wildman–Crippen MR) is 117 cm³/mol. The van der Waals surface area contributed by atoms with E-state index in [2.05, 4.69) is 41.6 Å². The Kier molecular flexibility index (Phi) is 6.50. The molecule has 2 aromatic carbocycles. The zero-order valence-electron chi connectivity index (χ0n) is 17.4. The van der Waals surface area contributed by atoms with Crippen molar-refractivity contribution in [1.82, 2.24) is 9.78 Å². The van der Waals surface area contributed by atoms with Crippen LogP contribution >= 0.6 is 0 Å². The summed E-state index contributed by atoms with van der Waals surface area (Å²) in [5.74, 6) is 0.456. The Morgan fingerprint density at radius 1 is 1.10 bits per heavy atom. The van der Waals surface area contributed by atoms with Crippen molar-refractivity contribution in [3.05, 3.63) is 82.7 Å². The number of ether oxygens (including phenoxy) is 1. The van der Waals surface area contributed by atoms with Gasteiger partial charge in [0.15, 0.2) is 0 Å². The second-order valence-corrected chi connectivity index (χ2v) is 6.98. The SMILES string of the molecule is CCOc1ccccc1NC(=O)/C=C/c1c(C)nn(Cc2ccc(C)cc2)c1C. The van der Waals surface area contributed by atoms with Crippen LogP contribution in [0, 0.1) is 20.8 Å². The molecule has 0 saturated carbocycles. The van der Waals surface area contributed by atoms with Crippen LogP contribution in [0.25, 0.3) is 6.08 Å². The van der Waals surface area contributed by atoms with E-state index in [4.69, 9.17) is 4.74 Å². The lowest BCUT2D eigenvalue weighted by Gasteiger charge is -2.09. The maximum absolute atomic E-state index is 12.4. The maximum atomic E-state index is 12.4. The van der Waals surface area contributed by atoms with E-state index < -0.39 is 0 Å². The Morgan fingerprint density at radius 2 is 1.83 bits per heavy atom. The number of anilines is 1. The normalized spacial score (nSPS) is 11.0. The van der Waals surface area contributed by atoms with Crippen LogP contribution in [0.3, 0.4) is 0 Å². The minimum Gasteiger partial charge on any atom is -0.492 e. The Balaban J connectivity index is 1.73. The van der Waals surface area contributed by atoms with Crippen molar-refractivity contribution >= 4 is 17.7 Å². The van der Waals surface area contributed by atoms with Gasteiger partial charge in [-0.15, -0.1) is 0 Å². The van der Waals surface area contributed by atoms with E-state index >= 15 is 0 Å². The van der Waals surface area contributed by atoms with Crippen LogP contribution in [0.5, 0.6) is 5.75 Å². The second-order valence-electron chi connectivity index (χ2n) is 6.98. The second kappa shape index (κ2) is 9.24. The number of aromatic nitrogens is 2. The number of carbonyl (C=O) groups excluding carboxylic acids is 1. The van der Waals surface area contributed by atoms with Gasteiger partial charge >= 0.3 is 0 Å². The van der Waals surface area contributed by atoms with Gasteiger partial charge in [0, 0.05) is 17.3 Å². The molecule has 0 atom stereocenters. The first-order valence-corrected chi connectivity index (χ1v) is 9.78. The molecule has 0 aliphatic carbocycles. The van der Waals surface area contributed by atoms with Gasteiger partial charge in [-0.25, -0.2) is 0 Å². The summed E-state index contributed by atoms with van der Waals surface area (Å²) in [4.78, 5) is 12.4. The van der Waals surface area contributed by atoms with Crippen molar-refractivity contribution in [2.75, 3.05) is 11.9 Å². The third-order valence-electron chi connectivity index (χ3n) is 4.74. The summed E-state index contributed by atoms with van der Waals surface area (Å²) >= 11 is 0. The zero-order chi connectivity index (χ0) is 20.8. The number of rotatable bonds is 7. The minimum atomic E-state index is -0.206. The Morgan fingerprint density at radius 3 is 2.55 bits per heavy atom. The standard InChI is InChI=1S/C24H27N3O2/c1-5-29-23-9-7-6-8-22(23)25-24(28)15-14-21-18(3)26-27(19(21)4)16-20-12-10-17(2)11-13-20/h6-15H,5,16H2,1-4H3,(H,25,28)/b15-14+. The fourth-order valence-electron chi connectivity index (χ4n) is 3.16. The molecule has 3 aromatic rings. The number of nitrogens with one attached hydrogen (secondary N) is 1. The molecule has 3 rings (SSSR count). The topological polar surface area (TPSA) is 56.1 Å². The molecule has 0 unspecified atom stereocenters. The molecule has 0 aliphatic heterocycles. The largest absolute Gasteiger partial charge is 0.492 e. The summed E-state index contributed by atoms with van der Waals surface area (Å²) < 4.78 is 7.53. The summed E-state index contributed by atoms with van der Waals surface area (Å²) in [7, 11) is 0. The highest BCUT2D eigenvalue weighted by Gasteiger charge is 2.11. The summed E-state index contributed by atoms with van der Waals surface area (Å²) in [6.07, 6.45) is 3.36. The number of aryl methyl sites for hydroxylation is 2. The van der Waals surface area contributed by atoms with Crippen molar-refractivity contribution in [2.24, 2.45) is 0 Å². The lowest BCUT2D eigenvalue weighted by atomic mass is 10.1. The van der Waals surface area contributed by atoms with Crippen LogP contribution in [0.1, 0.15) is 35.0 Å². The van der Waals surface area contributed by atoms with E-state index in [-0.39, 0.29) is 5.91 Å². The smallest absolute Gasteiger partial charge is 0.248 e. The number of hydrogen-bond donors (Lipinski definition) is 1. The molecular formula is C24H27N3O2. The van der Waals surface area contributed by atoms with Crippen LogP contribution in [-0.4, -0.2) is 22.3 Å². The third kappa shape index (κ3) is 5.13. The maximum Gasteiger partial charge on any atom is 0.248 e. The monoisotopic (exact) mass is 389 g/mol. The average Bonchev–Trinajstić information content (AvgIpc) is 2.96. The molecule has 0 fully saturated rings. The van der Waals surface area contributed by atoms with Crippen molar-refractivity contribution in [3.63, 3.8) is 0 Å². The molecule has 0 spiro atoms. The predicted octanol–water partition coefficient (Wildman–Crippen LogP) is 4.91. The lowest BCUT2D eigenvalue weighted by molar-refractivity contribution is -0.111. The van der Waals surface area contributed by atoms with Crippen LogP contribution in [0.4, 0.5) is 5.69 Å². The van der Waals surface area contributed by atoms with Crippen molar-refractivity contribution in [1.29, 1.82) is 0 Å². The van der Waals surface area contributed by atoms with Gasteiger partial charge in [-0.2, -0.15) is 5.10 Å². The molecule has 5 heteroatoms. The fraction of sp³-hybridized carbons (Fsp3) is 0.250. The summed E-state index contributed by atoms with van der Waals surface area (Å²) in [5, 5.41) is 7.52. The van der Waals surface area contributed by atoms with Crippen molar-refractivity contribution in [3.8, 4) is 5.75 Å². The molecule has 5 nitrogen and oxygen atoms in total. The molecule has 1 N–H and O–H groups in total. The summed E-state index contributed by atoms with van der Waals surface area (Å²) in [6.45, 7) is 9.22. The fourth-order valence-corrected chi connectivity index (χ4v) is 3.16. The van der Waals surface area contributed by atoms with Gasteiger partial charge in [0.25, 0.3) is 0 Å². The quantitative estimate of drug-likeness (QED) is 0.584. The molecule has 0 saturated heterocycles. The lowest BCUT2D eigenvalue weighted by Crippen LogP contribution is -2.09. The Hall–Kier alpha value is -3.34. The third-order valence-corrected chi connectivity index (χ3v) is 4.74. The first-order valence-electron chi connectivity index (χ1n) is 9.78. The highest BCUT2D eigenvalue weighted by atomic mass is 16.5. The zero-order valence-corrected chi connectivity index (χ0v) is 17.4. The molecule has 0 bridgehead atoms. The molecule has 29 heavy (non-hydrogen) atoms. The van der Waals surface area contributed by atoms with Crippen LogP contribution < -0.4 is 10.1 Å². The minimum absolute atomic E-state index is 0.206. The average molecular weight is 389 g/mol. The van der Waals surface area contributed by atoms with E-state index in [0.717, 1.165) is 17.0 Å². The van der Waals surface area contributed by atoms with E-state index in [1.165, 1.54) is 17.2 Å². The number of amides is 1. The highest BCUT2D eigenvalue weighted by molar-refractivity contribution is 6.02. The van der Waals surface area contributed by atoms with E-state index in [1.807, 2.05) is 55.8 Å². The van der Waals surface area contributed by atoms with Gasteiger partial charge in [0.05, 0.1) is 24.5 Å². The van der Waals surface area contributed by atoms with Gasteiger partial charge in [-0.1, -0.05) is 42.0 Å². The molecule has 1 aromatic heterocycles. The molecule has 150 valence electrons. The van der Waals surface area contributed by atoms with Crippen LogP contribution in [-0.2, 0) is 11.3 Å². The van der Waals surface area contributed by atoms with Gasteiger partial charge in [-0.05, 0) is 51.5 Å². The first-order chi connectivity index (χ1) is 14.0. The number of hydrogen-bond acceptors (Lipinski definition) is 3. The number of para-hydroxylation sites is 2. The molecule has 0 radical (unpaired) electrons. The number of nitrogens with zero attached hydrogens (tertiary/aromatic N) is 2. The van der Waals surface area contributed by atoms with E-state index in [9.17, 15) is 4.79 Å². The van der Waals surface area contributed by atoms with E-state index in [0.29, 0.717) is 24.6 Å². The van der Waals surface area contributed by atoms with Gasteiger partial charge < -0.3 is 10.1 Å². The van der Waals surface area contributed by atoms with Gasteiger partial charge in [-0.3, -0.25) is 9.48 Å². The first kappa shape index (κ1) is 20.4. The van der Waals surface area contributed by atoms with Gasteiger partial charge in [0.2, 0.25) is 5.91 Å². The van der Waals surface area contributed by atoms with E-state index in [1.54, 1.807) is 0 Å². The molecular weight excluding hydrogens is 362 g/mol. The Bertz CT molecular complexity index is 1020. The Labute approximate surface area is 172 Å². The molecule has 1 heterocycles. The number of carbonyl (C=O) groups is 1. The molecule has 1 amide bonds. The summed E-state index contributed by atoms with van der Waals surface area (Å²) in [6, 6.07) is 15.9. The van der Waals surface area contributed by atoms with Crippen LogP contribution in [0.15, 0.2) is 54.6 Å².